The molecule has 0 saturated carbocycles. The van der Waals surface area contributed by atoms with Gasteiger partial charge in [-0.25, -0.2) is 0 Å². The highest BCUT2D eigenvalue weighted by Crippen LogP contribution is 2.39. The quantitative estimate of drug-likeness (QED) is 0.0576. The van der Waals surface area contributed by atoms with E-state index in [4.69, 9.17) is 23.7 Å². The van der Waals surface area contributed by atoms with Gasteiger partial charge in [0, 0.05) is 37.1 Å². The number of hydrogen-bond acceptors (Lipinski definition) is 8. The lowest BCUT2D eigenvalue weighted by atomic mass is 9.92. The highest BCUT2D eigenvalue weighted by Gasteiger charge is 2.36. The molecule has 0 unspecified atom stereocenters. The van der Waals surface area contributed by atoms with Gasteiger partial charge in [-0.15, -0.1) is 0 Å². The Hall–Kier alpha value is -3.42. The van der Waals surface area contributed by atoms with Gasteiger partial charge < -0.3 is 23.7 Å². The van der Waals surface area contributed by atoms with Gasteiger partial charge in [0.15, 0.2) is 0 Å². The number of benzene rings is 3. The number of hydrogen-bond donors (Lipinski definition) is 0. The van der Waals surface area contributed by atoms with Gasteiger partial charge in [-0.05, 0) is 112 Å². The second-order valence-electron chi connectivity index (χ2n) is 15.6. The van der Waals surface area contributed by atoms with Crippen LogP contribution in [-0.4, -0.2) is 98.6 Å². The maximum absolute atomic E-state index is 14.9. The lowest BCUT2D eigenvalue weighted by molar-refractivity contribution is -0.163. The first-order chi connectivity index (χ1) is 27.2. The predicted octanol–water partition coefficient (Wildman–Crippen LogP) is 9.75. The maximum atomic E-state index is 14.9. The zero-order valence-electron chi connectivity index (χ0n) is 34.0. The molecule has 57 heavy (non-hydrogen) atoms. The summed E-state index contributed by atoms with van der Waals surface area (Å²) in [6, 6.07) is 13.9. The fourth-order valence-corrected chi connectivity index (χ4v) is 7.58. The van der Waals surface area contributed by atoms with Crippen molar-refractivity contribution in [3.05, 3.63) is 81.9 Å². The van der Waals surface area contributed by atoms with Gasteiger partial charge in [0.25, 0.3) is 0 Å². The van der Waals surface area contributed by atoms with E-state index in [0.29, 0.717) is 42.8 Å². The Morgan fingerprint density at radius 1 is 0.860 bits per heavy atom. The largest absolute Gasteiger partial charge is 0.493 e. The van der Waals surface area contributed by atoms with Crippen LogP contribution < -0.4 is 9.47 Å². The van der Waals surface area contributed by atoms with Crippen molar-refractivity contribution in [2.75, 3.05) is 71.2 Å². The monoisotopic (exact) mass is 858 g/mol. The lowest BCUT2D eigenvalue weighted by Crippen LogP contribution is -2.46. The minimum Gasteiger partial charge on any atom is -0.493 e. The molecule has 0 spiro atoms. The zero-order valence-corrected chi connectivity index (χ0v) is 35.6. The van der Waals surface area contributed by atoms with Crippen LogP contribution in [0.15, 0.2) is 48.5 Å². The molecule has 2 fully saturated rings. The van der Waals surface area contributed by atoms with Crippen LogP contribution in [0.2, 0.25) is 0 Å². The molecule has 3 aromatic rings. The Balaban J connectivity index is 1.41. The molecule has 0 bridgehead atoms. The van der Waals surface area contributed by atoms with Gasteiger partial charge >= 0.3 is 12.1 Å². The first kappa shape index (κ1) is 44.7. The number of halogens is 4. The summed E-state index contributed by atoms with van der Waals surface area (Å²) in [6.07, 6.45) is 1.74. The van der Waals surface area contributed by atoms with Crippen molar-refractivity contribution in [3.8, 4) is 22.6 Å². The second-order valence-corrected chi connectivity index (χ2v) is 16.4. The lowest BCUT2D eigenvalue weighted by Gasteiger charge is -2.36. The van der Waals surface area contributed by atoms with E-state index in [2.05, 4.69) is 20.8 Å². The summed E-state index contributed by atoms with van der Waals surface area (Å²) < 4.78 is 73.8. The number of ether oxygens (including phenoxy) is 5. The Morgan fingerprint density at radius 3 is 2.28 bits per heavy atom. The van der Waals surface area contributed by atoms with Crippen molar-refractivity contribution >= 4 is 34.1 Å². The first-order valence-electron chi connectivity index (χ1n) is 20.0. The standard InChI is InChI=1S/C45H58BrF3N2O6/c1-32-34(11-8-12-37(32)38-13-9-15-41(33(38)2)55-23-10-19-50-21-25-54-26-22-50)16-17-35-30-42(56-28-27-53-24-18-46)36(29-39(35)45(47,48)49)31-51-20-7-6-14-40(51)43(52)57-44(3,4)5/h8-9,11-13,15-17,29-30,40H,6-7,10,14,18-28,31H2,1-5H3/b17-16+/t40-/m0/s1. The normalized spacial score (nSPS) is 17.2. The summed E-state index contributed by atoms with van der Waals surface area (Å²) in [7, 11) is 0. The highest BCUT2D eigenvalue weighted by molar-refractivity contribution is 9.09. The van der Waals surface area contributed by atoms with E-state index < -0.39 is 23.4 Å². The fourth-order valence-electron chi connectivity index (χ4n) is 7.35. The minimum absolute atomic E-state index is 0.0153. The third-order valence-corrected chi connectivity index (χ3v) is 10.6. The minimum atomic E-state index is -4.64. The van der Waals surface area contributed by atoms with Crippen molar-refractivity contribution in [2.24, 2.45) is 0 Å². The number of alkyl halides is 4. The Kier molecular flexibility index (Phi) is 16.5. The molecule has 0 aromatic heterocycles. The van der Waals surface area contributed by atoms with E-state index >= 15 is 0 Å². The summed E-state index contributed by atoms with van der Waals surface area (Å²) in [5.41, 5.74) is 3.61. The molecule has 0 aliphatic carbocycles. The number of carbonyl (C=O) groups excluding carboxylic acids is 1. The summed E-state index contributed by atoms with van der Waals surface area (Å²) in [5.74, 6) is 0.772. The van der Waals surface area contributed by atoms with Gasteiger partial charge in [0.1, 0.15) is 29.7 Å². The van der Waals surface area contributed by atoms with E-state index in [1.807, 2.05) is 75.9 Å². The fraction of sp³-hybridized carbons (Fsp3) is 0.533. The summed E-state index contributed by atoms with van der Waals surface area (Å²) in [5, 5.41) is 0.656. The van der Waals surface area contributed by atoms with Crippen molar-refractivity contribution < 1.29 is 41.7 Å². The first-order valence-corrected chi connectivity index (χ1v) is 21.2. The van der Waals surface area contributed by atoms with E-state index in [1.165, 1.54) is 18.2 Å². The van der Waals surface area contributed by atoms with Crippen molar-refractivity contribution in [2.45, 2.75) is 84.7 Å². The smallest absolute Gasteiger partial charge is 0.417 e. The van der Waals surface area contributed by atoms with Crippen molar-refractivity contribution in [3.63, 3.8) is 0 Å². The van der Waals surface area contributed by atoms with Crippen molar-refractivity contribution in [1.29, 1.82) is 0 Å². The summed E-state index contributed by atoms with van der Waals surface area (Å²) in [4.78, 5) is 17.5. The highest BCUT2D eigenvalue weighted by atomic mass is 79.9. The van der Waals surface area contributed by atoms with Crippen molar-refractivity contribution in [1.82, 2.24) is 9.80 Å². The number of morpholine rings is 1. The van der Waals surface area contributed by atoms with Gasteiger partial charge in [0.2, 0.25) is 0 Å². The topological polar surface area (TPSA) is 69.7 Å². The van der Waals surface area contributed by atoms with Gasteiger partial charge in [-0.3, -0.25) is 14.6 Å². The van der Waals surface area contributed by atoms with Crippen LogP contribution >= 0.6 is 15.9 Å². The number of piperidine rings is 1. The zero-order chi connectivity index (χ0) is 41.0. The van der Waals surface area contributed by atoms with Crippen LogP contribution in [0, 0.1) is 13.8 Å². The molecule has 2 saturated heterocycles. The average Bonchev–Trinajstić information content (AvgIpc) is 3.17. The molecular formula is C45H58BrF3N2O6. The van der Waals surface area contributed by atoms with E-state index in [0.717, 1.165) is 85.7 Å². The molecule has 1 atom stereocenters. The molecule has 2 aliphatic rings. The van der Waals surface area contributed by atoms with Gasteiger partial charge in [-0.1, -0.05) is 64.8 Å². The molecule has 3 aromatic carbocycles. The third kappa shape index (κ3) is 13.0. The Bertz CT molecular complexity index is 1800. The van der Waals surface area contributed by atoms with Crippen LogP contribution in [-0.2, 0) is 31.7 Å². The molecule has 12 heteroatoms. The third-order valence-electron chi connectivity index (χ3n) is 10.3. The number of esters is 1. The Labute approximate surface area is 344 Å². The van der Waals surface area contributed by atoms with Crippen LogP contribution in [0.3, 0.4) is 0 Å². The molecule has 0 radical (unpaired) electrons. The van der Waals surface area contributed by atoms with Gasteiger partial charge in [0.05, 0.1) is 38.6 Å². The Morgan fingerprint density at radius 2 is 1.56 bits per heavy atom. The molecular weight excluding hydrogens is 801 g/mol. The SMILES string of the molecule is Cc1c(/C=C/c2cc(OCCOCCBr)c(CN3CCCC[C@H]3C(=O)OC(C)(C)C)cc2C(F)(F)F)cccc1-c1cccc(OCCCN2CCOCC2)c1C. The van der Waals surface area contributed by atoms with Crippen LogP contribution in [0.4, 0.5) is 13.2 Å². The number of carbonyl (C=O) groups is 1. The van der Waals surface area contributed by atoms with E-state index in [9.17, 15) is 18.0 Å². The summed E-state index contributed by atoms with van der Waals surface area (Å²) in [6.45, 7) is 16.0. The van der Waals surface area contributed by atoms with Crippen LogP contribution in [0.5, 0.6) is 11.5 Å². The molecule has 312 valence electrons. The van der Waals surface area contributed by atoms with Gasteiger partial charge in [-0.2, -0.15) is 13.2 Å². The molecule has 0 N–H and O–H groups in total. The van der Waals surface area contributed by atoms with Crippen LogP contribution in [0.25, 0.3) is 23.3 Å². The number of likely N-dealkylation sites (tertiary alicyclic amines) is 1. The molecule has 0 amide bonds. The molecule has 2 heterocycles. The van der Waals surface area contributed by atoms with E-state index in [1.54, 1.807) is 6.08 Å². The van der Waals surface area contributed by atoms with Crippen LogP contribution in [0.1, 0.15) is 79.8 Å². The summed E-state index contributed by atoms with van der Waals surface area (Å²) >= 11 is 3.34. The maximum Gasteiger partial charge on any atom is 0.417 e. The molecule has 5 rings (SSSR count). The average molecular weight is 860 g/mol. The van der Waals surface area contributed by atoms with E-state index in [-0.39, 0.29) is 31.3 Å². The molecule has 8 nitrogen and oxygen atoms in total. The molecule has 2 aliphatic heterocycles. The number of rotatable bonds is 17. The number of nitrogens with zero attached hydrogens (tertiary/aromatic N) is 2. The second kappa shape index (κ2) is 21.0. The predicted molar refractivity (Wildman–Crippen MR) is 223 cm³/mol.